The minimum absolute atomic E-state index is 0.0531. The molecule has 1 N–H and O–H groups in total. The van der Waals surface area contributed by atoms with Crippen LogP contribution in [0.3, 0.4) is 0 Å². The first kappa shape index (κ1) is 9.33. The Bertz CT molecular complexity index is 311. The highest BCUT2D eigenvalue weighted by molar-refractivity contribution is 5.91. The highest BCUT2D eigenvalue weighted by Crippen LogP contribution is 1.97. The average Bonchev–Trinajstić information content (AvgIpc) is 2.55. The van der Waals surface area contributed by atoms with Gasteiger partial charge in [-0.2, -0.15) is 0 Å². The van der Waals surface area contributed by atoms with E-state index < -0.39 is 0 Å². The molecule has 0 spiro atoms. The van der Waals surface area contributed by atoms with Gasteiger partial charge in [-0.3, -0.25) is 4.79 Å². The number of hydrogen-bond donors (Lipinski definition) is 1. The molecule has 0 fully saturated rings. The number of nitrogens with one attached hydrogen (secondary N) is 1. The van der Waals surface area contributed by atoms with E-state index in [4.69, 9.17) is 6.42 Å². The lowest BCUT2D eigenvalue weighted by Gasteiger charge is -2.07. The van der Waals surface area contributed by atoms with Crippen LogP contribution in [0.15, 0.2) is 16.8 Å². The van der Waals surface area contributed by atoms with Gasteiger partial charge in [0.2, 0.25) is 5.76 Å². The van der Waals surface area contributed by atoms with Crippen LogP contribution in [0.1, 0.15) is 23.9 Å². The van der Waals surface area contributed by atoms with Crippen LogP contribution in [-0.4, -0.2) is 17.1 Å². The van der Waals surface area contributed by atoms with E-state index in [1.807, 2.05) is 6.92 Å². The average molecular weight is 178 g/mol. The van der Waals surface area contributed by atoms with Crippen LogP contribution >= 0.6 is 0 Å². The quantitative estimate of drug-likeness (QED) is 0.697. The van der Waals surface area contributed by atoms with Crippen molar-refractivity contribution in [3.8, 4) is 12.3 Å². The molecule has 0 radical (unpaired) electrons. The maximum atomic E-state index is 11.3. The van der Waals surface area contributed by atoms with E-state index in [0.717, 1.165) is 0 Å². The summed E-state index contributed by atoms with van der Waals surface area (Å²) in [4.78, 5) is 11.3. The van der Waals surface area contributed by atoms with Crippen LogP contribution in [0.4, 0.5) is 0 Å². The van der Waals surface area contributed by atoms with Gasteiger partial charge in [-0.05, 0) is 6.92 Å². The van der Waals surface area contributed by atoms with Crippen molar-refractivity contribution in [3.05, 3.63) is 18.0 Å². The highest BCUT2D eigenvalue weighted by atomic mass is 16.5. The molecule has 0 aliphatic rings. The summed E-state index contributed by atoms with van der Waals surface area (Å²) in [6, 6.07) is 1.44. The van der Waals surface area contributed by atoms with Crippen molar-refractivity contribution >= 4 is 5.91 Å². The molecule has 1 atom stereocenters. The fourth-order valence-electron chi connectivity index (χ4n) is 0.856. The van der Waals surface area contributed by atoms with Gasteiger partial charge >= 0.3 is 0 Å². The predicted molar refractivity (Wildman–Crippen MR) is 46.9 cm³/mol. The third-order valence-corrected chi connectivity index (χ3v) is 1.46. The summed E-state index contributed by atoms with van der Waals surface area (Å²) in [6.07, 6.45) is 7.00. The number of carbonyl (C=O) groups excluding carboxylic acids is 1. The number of amides is 1. The van der Waals surface area contributed by atoms with Crippen LogP contribution in [0, 0.1) is 12.3 Å². The summed E-state index contributed by atoms with van der Waals surface area (Å²) in [6.45, 7) is 1.83. The predicted octanol–water partition coefficient (Wildman–Crippen LogP) is 0.816. The Morgan fingerprint density at radius 1 is 1.92 bits per heavy atom. The van der Waals surface area contributed by atoms with Gasteiger partial charge in [-0.1, -0.05) is 5.16 Å². The van der Waals surface area contributed by atoms with Crippen molar-refractivity contribution in [1.29, 1.82) is 0 Å². The smallest absolute Gasteiger partial charge is 0.290 e. The second kappa shape index (κ2) is 4.31. The minimum Gasteiger partial charge on any atom is -0.351 e. The number of hydrogen-bond acceptors (Lipinski definition) is 3. The standard InChI is InChI=1S/C9H10N2O2/c1-3-4-7(2)11-9(12)8-5-6-10-13-8/h1,5-7H,4H2,2H3,(H,11,12). The van der Waals surface area contributed by atoms with Crippen LogP contribution < -0.4 is 5.32 Å². The number of carbonyl (C=O) groups is 1. The summed E-state index contributed by atoms with van der Waals surface area (Å²) in [5, 5.41) is 6.09. The Hall–Kier alpha value is -1.76. The Morgan fingerprint density at radius 2 is 2.69 bits per heavy atom. The van der Waals surface area contributed by atoms with Crippen molar-refractivity contribution in [2.75, 3.05) is 0 Å². The molecular formula is C9H10N2O2. The molecule has 0 bridgehead atoms. The molecule has 0 saturated heterocycles. The Labute approximate surface area is 76.3 Å². The Morgan fingerprint density at radius 3 is 3.23 bits per heavy atom. The van der Waals surface area contributed by atoms with Gasteiger partial charge < -0.3 is 9.84 Å². The topological polar surface area (TPSA) is 55.1 Å². The van der Waals surface area contributed by atoms with Gasteiger partial charge in [-0.25, -0.2) is 0 Å². The number of nitrogens with zero attached hydrogens (tertiary/aromatic N) is 1. The largest absolute Gasteiger partial charge is 0.351 e. The second-order valence-electron chi connectivity index (χ2n) is 2.66. The number of rotatable bonds is 3. The van der Waals surface area contributed by atoms with Crippen molar-refractivity contribution in [2.45, 2.75) is 19.4 Å². The van der Waals surface area contributed by atoms with Gasteiger partial charge in [0, 0.05) is 18.5 Å². The van der Waals surface area contributed by atoms with Crippen LogP contribution in [0.25, 0.3) is 0 Å². The van der Waals surface area contributed by atoms with Crippen LogP contribution in [0.2, 0.25) is 0 Å². The maximum Gasteiger partial charge on any atom is 0.290 e. The molecule has 4 nitrogen and oxygen atoms in total. The zero-order chi connectivity index (χ0) is 9.68. The fourth-order valence-corrected chi connectivity index (χ4v) is 0.856. The van der Waals surface area contributed by atoms with E-state index in [2.05, 4.69) is 20.9 Å². The van der Waals surface area contributed by atoms with E-state index >= 15 is 0 Å². The summed E-state index contributed by atoms with van der Waals surface area (Å²) < 4.78 is 4.66. The van der Waals surface area contributed by atoms with Crippen LogP contribution in [-0.2, 0) is 0 Å². The second-order valence-corrected chi connectivity index (χ2v) is 2.66. The third-order valence-electron chi connectivity index (χ3n) is 1.46. The molecule has 0 aliphatic heterocycles. The molecule has 0 aromatic carbocycles. The first-order chi connectivity index (χ1) is 6.24. The van der Waals surface area contributed by atoms with Gasteiger partial charge in [0.15, 0.2) is 0 Å². The summed E-state index contributed by atoms with van der Waals surface area (Å²) in [5.74, 6) is 2.36. The molecule has 1 heterocycles. The van der Waals surface area contributed by atoms with Gasteiger partial charge in [0.05, 0.1) is 6.20 Å². The zero-order valence-electron chi connectivity index (χ0n) is 7.28. The highest BCUT2D eigenvalue weighted by Gasteiger charge is 2.11. The first-order valence-electron chi connectivity index (χ1n) is 3.89. The van der Waals surface area contributed by atoms with E-state index in [1.54, 1.807) is 0 Å². The molecule has 13 heavy (non-hydrogen) atoms. The molecule has 1 unspecified atom stereocenters. The molecule has 1 aromatic rings. The van der Waals surface area contributed by atoms with E-state index in [0.29, 0.717) is 6.42 Å². The molecule has 68 valence electrons. The van der Waals surface area contributed by atoms with E-state index in [1.165, 1.54) is 12.3 Å². The fraction of sp³-hybridized carbons (Fsp3) is 0.333. The third kappa shape index (κ3) is 2.64. The summed E-state index contributed by atoms with van der Waals surface area (Å²) in [5.41, 5.74) is 0. The van der Waals surface area contributed by atoms with Gasteiger partial charge in [-0.15, -0.1) is 12.3 Å². The summed E-state index contributed by atoms with van der Waals surface area (Å²) in [7, 11) is 0. The number of aromatic nitrogens is 1. The van der Waals surface area contributed by atoms with Gasteiger partial charge in [0.25, 0.3) is 5.91 Å². The molecule has 4 heteroatoms. The van der Waals surface area contributed by atoms with Gasteiger partial charge in [0.1, 0.15) is 0 Å². The van der Waals surface area contributed by atoms with Crippen molar-refractivity contribution < 1.29 is 9.32 Å². The molecular weight excluding hydrogens is 168 g/mol. The maximum absolute atomic E-state index is 11.3. The lowest BCUT2D eigenvalue weighted by atomic mass is 10.2. The lowest BCUT2D eigenvalue weighted by molar-refractivity contribution is 0.0903. The SMILES string of the molecule is C#CCC(C)NC(=O)c1ccno1. The molecule has 1 amide bonds. The Balaban J connectivity index is 2.48. The zero-order valence-corrected chi connectivity index (χ0v) is 7.28. The Kier molecular flexibility index (Phi) is 3.09. The monoisotopic (exact) mass is 178 g/mol. The molecule has 1 aromatic heterocycles. The molecule has 0 aliphatic carbocycles. The van der Waals surface area contributed by atoms with Crippen molar-refractivity contribution in [3.63, 3.8) is 0 Å². The lowest BCUT2D eigenvalue weighted by Crippen LogP contribution is -2.31. The minimum atomic E-state index is -0.291. The summed E-state index contributed by atoms with van der Waals surface area (Å²) >= 11 is 0. The van der Waals surface area contributed by atoms with E-state index in [-0.39, 0.29) is 17.7 Å². The van der Waals surface area contributed by atoms with E-state index in [9.17, 15) is 4.79 Å². The first-order valence-corrected chi connectivity index (χ1v) is 3.89. The molecule has 1 rings (SSSR count). The van der Waals surface area contributed by atoms with Crippen molar-refractivity contribution in [2.24, 2.45) is 0 Å². The normalized spacial score (nSPS) is 11.7. The van der Waals surface area contributed by atoms with Crippen molar-refractivity contribution in [1.82, 2.24) is 10.5 Å². The number of terminal acetylenes is 1. The van der Waals surface area contributed by atoms with Crippen LogP contribution in [0.5, 0.6) is 0 Å². The molecule has 0 saturated carbocycles.